The molecule has 3 heterocycles. The molecule has 0 unspecified atom stereocenters. The van der Waals surface area contributed by atoms with E-state index in [1.807, 2.05) is 48.0 Å². The van der Waals surface area contributed by atoms with Gasteiger partial charge >= 0.3 is 0 Å². The first-order valence-electron chi connectivity index (χ1n) is 12.3. The lowest BCUT2D eigenvalue weighted by Crippen LogP contribution is -2.29. The van der Waals surface area contributed by atoms with Gasteiger partial charge in [-0.1, -0.05) is 18.2 Å². The lowest BCUT2D eigenvalue weighted by Gasteiger charge is -2.22. The first-order valence-corrected chi connectivity index (χ1v) is 12.3. The molecule has 2 aromatic heterocycles. The number of pyridine rings is 1. The molecule has 1 fully saturated rings. The first kappa shape index (κ1) is 24.1. The van der Waals surface area contributed by atoms with Gasteiger partial charge in [-0.15, -0.1) is 5.10 Å². The van der Waals surface area contributed by atoms with Crippen LogP contribution in [0.2, 0.25) is 0 Å². The van der Waals surface area contributed by atoms with Crippen molar-refractivity contribution in [1.82, 2.24) is 30.1 Å². The third kappa shape index (κ3) is 5.47. The van der Waals surface area contributed by atoms with Gasteiger partial charge in [0.2, 0.25) is 0 Å². The minimum absolute atomic E-state index is 0.0776. The summed E-state index contributed by atoms with van der Waals surface area (Å²) < 4.78 is 12.9. The highest BCUT2D eigenvalue weighted by Crippen LogP contribution is 2.21. The number of aromatic amines is 1. The smallest absolute Gasteiger partial charge is 0.252 e. The number of hydrogen-bond donors (Lipinski definition) is 1. The van der Waals surface area contributed by atoms with Gasteiger partial charge in [0, 0.05) is 36.2 Å². The second-order valence-corrected chi connectivity index (χ2v) is 9.57. The molecule has 4 aromatic rings. The number of rotatable bonds is 9. The van der Waals surface area contributed by atoms with E-state index in [-0.39, 0.29) is 11.7 Å². The molecule has 9 heteroatoms. The van der Waals surface area contributed by atoms with E-state index in [2.05, 4.69) is 38.4 Å². The Bertz CT molecular complexity index is 1390. The number of nitrogens with one attached hydrogen (secondary N) is 1. The molecule has 0 bridgehead atoms. The van der Waals surface area contributed by atoms with Crippen molar-refractivity contribution >= 4 is 10.9 Å². The molecule has 188 valence electrons. The lowest BCUT2D eigenvalue weighted by atomic mass is 10.0. The summed E-state index contributed by atoms with van der Waals surface area (Å²) in [4.78, 5) is 18.3. The highest BCUT2D eigenvalue weighted by molar-refractivity contribution is 5.83. The molecular weight excluding hydrogens is 456 g/mol. The zero-order valence-corrected chi connectivity index (χ0v) is 21.0. The van der Waals surface area contributed by atoms with E-state index < -0.39 is 0 Å². The molecule has 36 heavy (non-hydrogen) atoms. The Kier molecular flexibility index (Phi) is 7.11. The van der Waals surface area contributed by atoms with Crippen LogP contribution in [0.25, 0.3) is 10.9 Å². The fraction of sp³-hybridized carbons (Fsp3) is 0.407. The summed E-state index contributed by atoms with van der Waals surface area (Å²) in [5.74, 6) is 1.56. The van der Waals surface area contributed by atoms with Crippen molar-refractivity contribution < 1.29 is 9.47 Å². The van der Waals surface area contributed by atoms with Crippen LogP contribution in [0.15, 0.2) is 47.3 Å². The molecule has 1 N–H and O–H groups in total. The summed E-state index contributed by atoms with van der Waals surface area (Å²) in [7, 11) is 1.66. The van der Waals surface area contributed by atoms with Crippen LogP contribution < -0.4 is 10.3 Å². The van der Waals surface area contributed by atoms with Crippen LogP contribution in [0.3, 0.4) is 0 Å². The van der Waals surface area contributed by atoms with Crippen LogP contribution in [-0.4, -0.2) is 49.9 Å². The number of aryl methyl sites for hydroxylation is 2. The van der Waals surface area contributed by atoms with Gasteiger partial charge in [-0.2, -0.15) is 0 Å². The first-order chi connectivity index (χ1) is 17.5. The van der Waals surface area contributed by atoms with Crippen LogP contribution in [0.5, 0.6) is 5.75 Å². The van der Waals surface area contributed by atoms with Gasteiger partial charge in [0.1, 0.15) is 5.75 Å². The van der Waals surface area contributed by atoms with E-state index in [0.717, 1.165) is 58.6 Å². The molecule has 5 rings (SSSR count). The molecule has 1 saturated heterocycles. The van der Waals surface area contributed by atoms with Gasteiger partial charge in [0.25, 0.3) is 5.56 Å². The van der Waals surface area contributed by atoms with E-state index in [0.29, 0.717) is 31.7 Å². The zero-order chi connectivity index (χ0) is 25.1. The normalized spacial score (nSPS) is 15.7. The Hall–Kier alpha value is -3.56. The monoisotopic (exact) mass is 488 g/mol. The highest BCUT2D eigenvalue weighted by atomic mass is 16.5. The predicted octanol–water partition coefficient (Wildman–Crippen LogP) is 3.52. The molecular formula is C27H32N6O3. The number of methoxy groups -OCH3 is 1. The SMILES string of the molecule is COc1ccc(CN(Cc2cc3c(C)cc(C)cc3[nH]c2=O)Cc2nnnn2C[C@@H]2CCCO2)cc1. The number of H-pyrrole nitrogens is 1. The maximum absolute atomic E-state index is 13.1. The van der Waals surface area contributed by atoms with Crippen molar-refractivity contribution in [2.45, 2.75) is 59.0 Å². The second-order valence-electron chi connectivity index (χ2n) is 9.57. The van der Waals surface area contributed by atoms with E-state index in [9.17, 15) is 4.79 Å². The molecule has 2 aromatic carbocycles. The Morgan fingerprint density at radius 2 is 1.97 bits per heavy atom. The number of tetrazole rings is 1. The number of hydrogen-bond acceptors (Lipinski definition) is 7. The zero-order valence-electron chi connectivity index (χ0n) is 21.0. The van der Waals surface area contributed by atoms with Crippen molar-refractivity contribution in [2.24, 2.45) is 0 Å². The second kappa shape index (κ2) is 10.6. The number of ether oxygens (including phenoxy) is 2. The Morgan fingerprint density at radius 1 is 1.14 bits per heavy atom. The summed E-state index contributed by atoms with van der Waals surface area (Å²) >= 11 is 0. The summed E-state index contributed by atoms with van der Waals surface area (Å²) in [6, 6.07) is 14.1. The van der Waals surface area contributed by atoms with Crippen molar-refractivity contribution in [3.8, 4) is 5.75 Å². The maximum atomic E-state index is 13.1. The Balaban J connectivity index is 1.44. The molecule has 0 aliphatic carbocycles. The topological polar surface area (TPSA) is 98.2 Å². The van der Waals surface area contributed by atoms with E-state index in [4.69, 9.17) is 9.47 Å². The molecule has 9 nitrogen and oxygen atoms in total. The number of aromatic nitrogens is 5. The minimum Gasteiger partial charge on any atom is -0.497 e. The molecule has 0 saturated carbocycles. The molecule has 0 spiro atoms. The number of benzene rings is 2. The fourth-order valence-corrected chi connectivity index (χ4v) is 4.89. The van der Waals surface area contributed by atoms with Crippen LogP contribution in [0.4, 0.5) is 0 Å². The van der Waals surface area contributed by atoms with Gasteiger partial charge in [-0.05, 0) is 78.1 Å². The van der Waals surface area contributed by atoms with Crippen molar-refractivity contribution in [1.29, 1.82) is 0 Å². The largest absolute Gasteiger partial charge is 0.497 e. The summed E-state index contributed by atoms with van der Waals surface area (Å²) in [6.45, 7) is 7.11. The van der Waals surface area contributed by atoms with Gasteiger partial charge in [0.05, 0.1) is 26.3 Å². The van der Waals surface area contributed by atoms with E-state index >= 15 is 0 Å². The maximum Gasteiger partial charge on any atom is 0.252 e. The van der Waals surface area contributed by atoms with Gasteiger partial charge in [-0.3, -0.25) is 9.69 Å². The number of fused-ring (bicyclic) bond motifs is 1. The van der Waals surface area contributed by atoms with Crippen molar-refractivity contribution in [2.75, 3.05) is 13.7 Å². The van der Waals surface area contributed by atoms with Crippen LogP contribution in [0.1, 0.15) is 40.9 Å². The molecule has 1 aliphatic rings. The number of nitrogens with zero attached hydrogens (tertiary/aromatic N) is 5. The minimum atomic E-state index is -0.0776. The lowest BCUT2D eigenvalue weighted by molar-refractivity contribution is 0.0914. The average molecular weight is 489 g/mol. The third-order valence-corrected chi connectivity index (χ3v) is 6.72. The summed E-state index contributed by atoms with van der Waals surface area (Å²) in [5.41, 5.74) is 4.88. The Morgan fingerprint density at radius 3 is 2.72 bits per heavy atom. The summed E-state index contributed by atoms with van der Waals surface area (Å²) in [6.07, 6.45) is 2.22. The van der Waals surface area contributed by atoms with Gasteiger partial charge in [-0.25, -0.2) is 4.68 Å². The average Bonchev–Trinajstić information content (AvgIpc) is 3.53. The Labute approximate surface area is 210 Å². The summed E-state index contributed by atoms with van der Waals surface area (Å²) in [5, 5.41) is 13.5. The molecule has 0 amide bonds. The predicted molar refractivity (Wildman–Crippen MR) is 137 cm³/mol. The highest BCUT2D eigenvalue weighted by Gasteiger charge is 2.21. The molecule has 1 atom stereocenters. The standard InChI is InChI=1S/C27H32N6O3/c1-18-11-19(2)24-13-21(27(34)28-25(24)12-18)15-32(14-20-6-8-22(35-3)9-7-20)17-26-29-30-31-33(26)16-23-5-4-10-36-23/h6-9,11-13,23H,4-5,10,14-17H2,1-3H3,(H,28,34)/t23-/m0/s1. The fourth-order valence-electron chi connectivity index (χ4n) is 4.89. The van der Waals surface area contributed by atoms with Crippen LogP contribution >= 0.6 is 0 Å². The van der Waals surface area contributed by atoms with Crippen LogP contribution in [0, 0.1) is 13.8 Å². The van der Waals surface area contributed by atoms with Crippen molar-refractivity contribution in [3.63, 3.8) is 0 Å². The quantitative estimate of drug-likeness (QED) is 0.385. The van der Waals surface area contributed by atoms with Crippen molar-refractivity contribution in [3.05, 3.63) is 80.9 Å². The van der Waals surface area contributed by atoms with E-state index in [1.54, 1.807) is 7.11 Å². The molecule has 1 aliphatic heterocycles. The van der Waals surface area contributed by atoms with Gasteiger partial charge in [0.15, 0.2) is 5.82 Å². The van der Waals surface area contributed by atoms with Gasteiger partial charge < -0.3 is 14.5 Å². The molecule has 0 radical (unpaired) electrons. The van der Waals surface area contributed by atoms with E-state index in [1.165, 1.54) is 0 Å². The van der Waals surface area contributed by atoms with Crippen LogP contribution in [-0.2, 0) is 30.9 Å². The third-order valence-electron chi connectivity index (χ3n) is 6.72.